The largest absolute Gasteiger partial charge is 0.460 e. The highest BCUT2D eigenvalue weighted by atomic mass is 16.5. The molecule has 0 aromatic heterocycles. The zero-order valence-corrected chi connectivity index (χ0v) is 15.4. The van der Waals surface area contributed by atoms with Crippen molar-refractivity contribution in [2.45, 2.75) is 51.5 Å². The van der Waals surface area contributed by atoms with Crippen LogP contribution in [-0.4, -0.2) is 66.7 Å². The molecule has 0 bridgehead atoms. The van der Waals surface area contributed by atoms with Gasteiger partial charge in [0.2, 0.25) is 0 Å². The van der Waals surface area contributed by atoms with Crippen LogP contribution in [0.4, 0.5) is 0 Å². The Morgan fingerprint density at radius 1 is 1.20 bits per heavy atom. The van der Waals surface area contributed by atoms with Gasteiger partial charge in [-0.15, -0.1) is 0 Å². The van der Waals surface area contributed by atoms with Gasteiger partial charge in [0.1, 0.15) is 6.61 Å². The van der Waals surface area contributed by atoms with Crippen LogP contribution in [0.25, 0.3) is 0 Å². The lowest BCUT2D eigenvalue weighted by molar-refractivity contribution is -0.146. The molecule has 1 aromatic carbocycles. The number of hydrogen-bond donors (Lipinski definition) is 0. The fourth-order valence-corrected chi connectivity index (χ4v) is 3.99. The minimum absolute atomic E-state index is 0.125. The molecule has 2 heterocycles. The SMILES string of the molecule is CC1CN(CC2CCCN2CC(=O)OCc2ccccc2)CC(C)O1. The van der Waals surface area contributed by atoms with Crippen molar-refractivity contribution >= 4 is 5.97 Å². The Kier molecular flexibility index (Phi) is 6.45. The second-order valence-corrected chi connectivity index (χ2v) is 7.39. The molecule has 2 fully saturated rings. The van der Waals surface area contributed by atoms with Gasteiger partial charge in [0.25, 0.3) is 0 Å². The van der Waals surface area contributed by atoms with E-state index in [0.717, 1.165) is 44.6 Å². The van der Waals surface area contributed by atoms with E-state index >= 15 is 0 Å². The van der Waals surface area contributed by atoms with Crippen molar-refractivity contribution in [2.24, 2.45) is 0 Å². The van der Waals surface area contributed by atoms with Gasteiger partial charge >= 0.3 is 5.97 Å². The van der Waals surface area contributed by atoms with Crippen molar-refractivity contribution in [1.29, 1.82) is 0 Å². The number of morpholine rings is 1. The number of carbonyl (C=O) groups is 1. The van der Waals surface area contributed by atoms with Crippen LogP contribution in [0.3, 0.4) is 0 Å². The lowest BCUT2D eigenvalue weighted by Crippen LogP contribution is -2.50. The molecule has 2 aliphatic rings. The zero-order chi connectivity index (χ0) is 17.6. The van der Waals surface area contributed by atoms with Gasteiger partial charge in [0, 0.05) is 25.7 Å². The van der Waals surface area contributed by atoms with Crippen LogP contribution in [0, 0.1) is 0 Å². The van der Waals surface area contributed by atoms with Crippen molar-refractivity contribution in [2.75, 3.05) is 32.7 Å². The molecule has 2 aliphatic heterocycles. The summed E-state index contributed by atoms with van der Waals surface area (Å²) in [6, 6.07) is 10.3. The standard InChI is InChI=1S/C20H30N2O3/c1-16-11-21(12-17(2)25-16)13-19-9-6-10-22(19)14-20(23)24-15-18-7-4-3-5-8-18/h3-5,7-8,16-17,19H,6,9-15H2,1-2H3. The molecule has 138 valence electrons. The highest BCUT2D eigenvalue weighted by Gasteiger charge is 2.31. The second kappa shape index (κ2) is 8.79. The maximum absolute atomic E-state index is 12.2. The third kappa shape index (κ3) is 5.53. The first-order valence-corrected chi connectivity index (χ1v) is 9.41. The molecule has 25 heavy (non-hydrogen) atoms. The fourth-order valence-electron chi connectivity index (χ4n) is 3.99. The number of carbonyl (C=O) groups excluding carboxylic acids is 1. The molecule has 5 heteroatoms. The molecular weight excluding hydrogens is 316 g/mol. The molecule has 0 aliphatic carbocycles. The van der Waals surface area contributed by atoms with Gasteiger partial charge < -0.3 is 9.47 Å². The molecule has 5 nitrogen and oxygen atoms in total. The van der Waals surface area contributed by atoms with Gasteiger partial charge in [-0.3, -0.25) is 14.6 Å². The van der Waals surface area contributed by atoms with Crippen LogP contribution in [0.2, 0.25) is 0 Å². The monoisotopic (exact) mass is 346 g/mol. The number of hydrogen-bond acceptors (Lipinski definition) is 5. The highest BCUT2D eigenvalue weighted by Crippen LogP contribution is 2.20. The fraction of sp³-hybridized carbons (Fsp3) is 0.650. The van der Waals surface area contributed by atoms with Crippen molar-refractivity contribution in [1.82, 2.24) is 9.80 Å². The molecule has 3 rings (SSSR count). The van der Waals surface area contributed by atoms with E-state index in [1.54, 1.807) is 0 Å². The van der Waals surface area contributed by atoms with Gasteiger partial charge in [-0.1, -0.05) is 30.3 Å². The summed E-state index contributed by atoms with van der Waals surface area (Å²) in [5.74, 6) is -0.125. The summed E-state index contributed by atoms with van der Waals surface area (Å²) in [6.45, 7) is 8.99. The average molecular weight is 346 g/mol. The summed E-state index contributed by atoms with van der Waals surface area (Å²) in [4.78, 5) is 17.0. The van der Waals surface area contributed by atoms with Crippen LogP contribution < -0.4 is 0 Å². The number of rotatable bonds is 6. The Balaban J connectivity index is 1.45. The molecule has 3 atom stereocenters. The number of benzene rings is 1. The summed E-state index contributed by atoms with van der Waals surface area (Å²) in [5, 5.41) is 0. The molecule has 2 saturated heterocycles. The molecular formula is C20H30N2O3. The van der Waals surface area contributed by atoms with Gasteiger partial charge in [-0.25, -0.2) is 0 Å². The summed E-state index contributed by atoms with van der Waals surface area (Å²) >= 11 is 0. The minimum Gasteiger partial charge on any atom is -0.460 e. The van der Waals surface area contributed by atoms with E-state index in [9.17, 15) is 4.79 Å². The number of ether oxygens (including phenoxy) is 2. The molecule has 0 radical (unpaired) electrons. The summed E-state index contributed by atoms with van der Waals surface area (Å²) in [5.41, 5.74) is 1.03. The van der Waals surface area contributed by atoms with Crippen molar-refractivity contribution in [3.8, 4) is 0 Å². The number of likely N-dealkylation sites (tertiary alicyclic amines) is 1. The lowest BCUT2D eigenvalue weighted by atomic mass is 10.1. The van der Waals surface area contributed by atoms with E-state index in [-0.39, 0.29) is 18.2 Å². The van der Waals surface area contributed by atoms with Crippen LogP contribution in [0.1, 0.15) is 32.3 Å². The van der Waals surface area contributed by atoms with Crippen LogP contribution >= 0.6 is 0 Å². The quantitative estimate of drug-likeness (QED) is 0.740. The maximum atomic E-state index is 12.2. The third-order valence-corrected chi connectivity index (χ3v) is 5.04. The molecule has 1 aromatic rings. The summed E-state index contributed by atoms with van der Waals surface area (Å²) < 4.78 is 11.3. The lowest BCUT2D eigenvalue weighted by Gasteiger charge is -2.38. The Morgan fingerprint density at radius 2 is 1.92 bits per heavy atom. The van der Waals surface area contributed by atoms with Gasteiger partial charge in [0.15, 0.2) is 0 Å². The van der Waals surface area contributed by atoms with Gasteiger partial charge in [-0.2, -0.15) is 0 Å². The first-order valence-electron chi connectivity index (χ1n) is 9.41. The average Bonchev–Trinajstić information content (AvgIpc) is 3.00. The smallest absolute Gasteiger partial charge is 0.320 e. The van der Waals surface area contributed by atoms with E-state index in [1.807, 2.05) is 30.3 Å². The highest BCUT2D eigenvalue weighted by molar-refractivity contribution is 5.71. The Labute approximate surface area is 150 Å². The molecule has 3 unspecified atom stereocenters. The van der Waals surface area contributed by atoms with E-state index in [0.29, 0.717) is 19.2 Å². The molecule has 0 spiro atoms. The third-order valence-electron chi connectivity index (χ3n) is 5.04. The predicted octanol–water partition coefficient (Wildman–Crippen LogP) is 2.30. The number of nitrogens with zero attached hydrogens (tertiary/aromatic N) is 2. The molecule has 0 saturated carbocycles. The van der Waals surface area contributed by atoms with Crippen molar-refractivity contribution < 1.29 is 14.3 Å². The maximum Gasteiger partial charge on any atom is 0.320 e. The van der Waals surface area contributed by atoms with Crippen LogP contribution in [-0.2, 0) is 20.9 Å². The summed E-state index contributed by atoms with van der Waals surface area (Å²) in [6.07, 6.45) is 2.89. The molecule has 0 N–H and O–H groups in total. The van der Waals surface area contributed by atoms with E-state index < -0.39 is 0 Å². The predicted molar refractivity (Wildman–Crippen MR) is 97.3 cm³/mol. The van der Waals surface area contributed by atoms with Crippen LogP contribution in [0.15, 0.2) is 30.3 Å². The zero-order valence-electron chi connectivity index (χ0n) is 15.4. The Bertz CT molecular complexity index is 541. The Hall–Kier alpha value is -1.43. The van der Waals surface area contributed by atoms with E-state index in [1.165, 1.54) is 0 Å². The first kappa shape index (κ1) is 18.4. The van der Waals surface area contributed by atoms with Gasteiger partial charge in [0.05, 0.1) is 18.8 Å². The van der Waals surface area contributed by atoms with E-state index in [4.69, 9.17) is 9.47 Å². The van der Waals surface area contributed by atoms with E-state index in [2.05, 4.69) is 23.6 Å². The Morgan fingerprint density at radius 3 is 2.64 bits per heavy atom. The number of esters is 1. The first-order chi connectivity index (χ1) is 12.1. The minimum atomic E-state index is -0.125. The summed E-state index contributed by atoms with van der Waals surface area (Å²) in [7, 11) is 0. The van der Waals surface area contributed by atoms with Crippen molar-refractivity contribution in [3.05, 3.63) is 35.9 Å². The van der Waals surface area contributed by atoms with Crippen LogP contribution in [0.5, 0.6) is 0 Å². The normalized spacial score (nSPS) is 28.2. The van der Waals surface area contributed by atoms with Gasteiger partial charge in [-0.05, 0) is 38.8 Å². The van der Waals surface area contributed by atoms with Crippen molar-refractivity contribution in [3.63, 3.8) is 0 Å². The topological polar surface area (TPSA) is 42.0 Å². The molecule has 0 amide bonds. The second-order valence-electron chi connectivity index (χ2n) is 7.39.